The average Bonchev–Trinajstić information content (AvgIpc) is 2.68. The summed E-state index contributed by atoms with van der Waals surface area (Å²) in [5.74, 6) is -0.126. The van der Waals surface area contributed by atoms with Crippen molar-refractivity contribution in [2.45, 2.75) is 18.4 Å². The Balaban J connectivity index is 1.71. The molecule has 27 heavy (non-hydrogen) atoms. The van der Waals surface area contributed by atoms with Crippen LogP contribution >= 0.6 is 0 Å². The lowest BCUT2D eigenvalue weighted by molar-refractivity contribution is 0.0664. The summed E-state index contributed by atoms with van der Waals surface area (Å²) in [6, 6.07) is 13.9. The van der Waals surface area contributed by atoms with Gasteiger partial charge in [-0.05, 0) is 37.7 Å². The highest BCUT2D eigenvalue weighted by molar-refractivity contribution is 7.89. The predicted octanol–water partition coefficient (Wildman–Crippen LogP) is 1.86. The van der Waals surface area contributed by atoms with Gasteiger partial charge in [0.05, 0.1) is 4.90 Å². The van der Waals surface area contributed by atoms with Gasteiger partial charge in [-0.15, -0.1) is 0 Å². The van der Waals surface area contributed by atoms with Gasteiger partial charge in [0.25, 0.3) is 5.91 Å². The second-order valence-corrected chi connectivity index (χ2v) is 8.70. The van der Waals surface area contributed by atoms with Crippen LogP contribution in [-0.2, 0) is 16.6 Å². The van der Waals surface area contributed by atoms with Crippen LogP contribution in [0.5, 0.6) is 0 Å². The van der Waals surface area contributed by atoms with Crippen LogP contribution < -0.4 is 4.72 Å². The highest BCUT2D eigenvalue weighted by Gasteiger charge is 2.22. The summed E-state index contributed by atoms with van der Waals surface area (Å²) >= 11 is 0. The molecule has 0 spiro atoms. The van der Waals surface area contributed by atoms with E-state index in [0.29, 0.717) is 18.7 Å². The molecule has 6 nitrogen and oxygen atoms in total. The molecular formula is C20H25N3O3S. The molecule has 1 N–H and O–H groups in total. The van der Waals surface area contributed by atoms with Gasteiger partial charge in [-0.1, -0.05) is 35.9 Å². The third kappa shape index (κ3) is 4.94. The number of rotatable bonds is 5. The lowest BCUT2D eigenvalue weighted by atomic mass is 10.2. The number of carbonyl (C=O) groups excluding carboxylic acids is 1. The van der Waals surface area contributed by atoms with Crippen LogP contribution in [0.3, 0.4) is 0 Å². The van der Waals surface area contributed by atoms with E-state index in [1.807, 2.05) is 38.2 Å². The SMILES string of the molecule is Cc1ccc(CNS(=O)(=O)c2cccc(C(=O)N3CCN(C)CC3)c2)cc1. The van der Waals surface area contributed by atoms with Crippen LogP contribution in [0.1, 0.15) is 21.5 Å². The Morgan fingerprint density at radius 2 is 1.70 bits per heavy atom. The van der Waals surface area contributed by atoms with Crippen molar-refractivity contribution in [2.24, 2.45) is 0 Å². The fraction of sp³-hybridized carbons (Fsp3) is 0.350. The molecule has 0 saturated carbocycles. The first kappa shape index (κ1) is 19.5. The van der Waals surface area contributed by atoms with E-state index in [4.69, 9.17) is 0 Å². The Labute approximate surface area is 160 Å². The number of hydrogen-bond donors (Lipinski definition) is 1. The van der Waals surface area contributed by atoms with Crippen LogP contribution in [0.25, 0.3) is 0 Å². The third-order valence-electron chi connectivity index (χ3n) is 4.77. The highest BCUT2D eigenvalue weighted by atomic mass is 32.2. The highest BCUT2D eigenvalue weighted by Crippen LogP contribution is 2.15. The fourth-order valence-corrected chi connectivity index (χ4v) is 4.02. The first-order valence-electron chi connectivity index (χ1n) is 8.98. The zero-order valence-electron chi connectivity index (χ0n) is 15.7. The predicted molar refractivity (Wildman–Crippen MR) is 105 cm³/mol. The molecule has 144 valence electrons. The molecule has 0 unspecified atom stereocenters. The Hall–Kier alpha value is -2.22. The van der Waals surface area contributed by atoms with Crippen LogP contribution in [0.15, 0.2) is 53.4 Å². The quantitative estimate of drug-likeness (QED) is 0.850. The van der Waals surface area contributed by atoms with Gasteiger partial charge in [-0.3, -0.25) is 4.79 Å². The van der Waals surface area contributed by atoms with Crippen LogP contribution in [0.4, 0.5) is 0 Å². The van der Waals surface area contributed by atoms with Crippen molar-refractivity contribution in [3.63, 3.8) is 0 Å². The van der Waals surface area contributed by atoms with Gasteiger partial charge in [0.15, 0.2) is 0 Å². The lowest BCUT2D eigenvalue weighted by Gasteiger charge is -2.32. The zero-order valence-corrected chi connectivity index (χ0v) is 16.5. The number of hydrogen-bond acceptors (Lipinski definition) is 4. The number of nitrogens with one attached hydrogen (secondary N) is 1. The zero-order chi connectivity index (χ0) is 19.4. The van der Waals surface area contributed by atoms with Crippen molar-refractivity contribution < 1.29 is 13.2 Å². The molecule has 0 atom stereocenters. The smallest absolute Gasteiger partial charge is 0.253 e. The largest absolute Gasteiger partial charge is 0.336 e. The van der Waals surface area contributed by atoms with E-state index in [1.165, 1.54) is 12.1 Å². The van der Waals surface area contributed by atoms with E-state index in [9.17, 15) is 13.2 Å². The molecule has 7 heteroatoms. The number of benzene rings is 2. The van der Waals surface area contributed by atoms with Gasteiger partial charge in [0.2, 0.25) is 10.0 Å². The number of amides is 1. The average molecular weight is 388 g/mol. The number of piperazine rings is 1. The van der Waals surface area contributed by atoms with Crippen molar-refractivity contribution in [3.8, 4) is 0 Å². The molecule has 1 fully saturated rings. The van der Waals surface area contributed by atoms with Gasteiger partial charge in [0.1, 0.15) is 0 Å². The summed E-state index contributed by atoms with van der Waals surface area (Å²) < 4.78 is 27.9. The summed E-state index contributed by atoms with van der Waals surface area (Å²) in [4.78, 5) is 16.7. The van der Waals surface area contributed by atoms with Gasteiger partial charge in [-0.25, -0.2) is 13.1 Å². The number of aryl methyl sites for hydroxylation is 1. The topological polar surface area (TPSA) is 69.7 Å². The van der Waals surface area contributed by atoms with Crippen molar-refractivity contribution in [3.05, 3.63) is 65.2 Å². The summed E-state index contributed by atoms with van der Waals surface area (Å²) in [7, 11) is -1.67. The van der Waals surface area contributed by atoms with Crippen LogP contribution in [0, 0.1) is 6.92 Å². The van der Waals surface area contributed by atoms with Crippen molar-refractivity contribution >= 4 is 15.9 Å². The first-order valence-corrected chi connectivity index (χ1v) is 10.5. The molecule has 0 radical (unpaired) electrons. The molecule has 1 aliphatic rings. The van der Waals surface area contributed by atoms with Gasteiger partial charge < -0.3 is 9.80 Å². The molecular weight excluding hydrogens is 362 g/mol. The van der Waals surface area contributed by atoms with Crippen LogP contribution in [-0.4, -0.2) is 57.4 Å². The van der Waals surface area contributed by atoms with E-state index in [2.05, 4.69) is 9.62 Å². The standard InChI is InChI=1S/C20H25N3O3S/c1-16-6-8-17(9-7-16)15-21-27(25,26)19-5-3-4-18(14-19)20(24)23-12-10-22(2)11-13-23/h3-9,14,21H,10-13,15H2,1-2H3. The minimum absolute atomic E-state index is 0.106. The summed E-state index contributed by atoms with van der Waals surface area (Å²) in [5.41, 5.74) is 2.41. The lowest BCUT2D eigenvalue weighted by Crippen LogP contribution is -2.47. The molecule has 1 amide bonds. The molecule has 1 aliphatic heterocycles. The summed E-state index contributed by atoms with van der Waals surface area (Å²) in [6.45, 7) is 5.13. The van der Waals surface area contributed by atoms with E-state index >= 15 is 0 Å². The van der Waals surface area contributed by atoms with E-state index < -0.39 is 10.0 Å². The van der Waals surface area contributed by atoms with Crippen molar-refractivity contribution in [2.75, 3.05) is 33.2 Å². The maximum Gasteiger partial charge on any atom is 0.253 e. The number of sulfonamides is 1. The third-order valence-corrected chi connectivity index (χ3v) is 6.17. The molecule has 0 bridgehead atoms. The van der Waals surface area contributed by atoms with Gasteiger partial charge in [-0.2, -0.15) is 0 Å². The Morgan fingerprint density at radius 3 is 2.37 bits per heavy atom. The van der Waals surface area contributed by atoms with Gasteiger partial charge >= 0.3 is 0 Å². The Kier molecular flexibility index (Phi) is 5.94. The Bertz CT molecular complexity index is 902. The molecule has 1 heterocycles. The van der Waals surface area contributed by atoms with Crippen LogP contribution in [0.2, 0.25) is 0 Å². The maximum absolute atomic E-state index is 12.7. The van der Waals surface area contributed by atoms with E-state index in [1.54, 1.807) is 17.0 Å². The fourth-order valence-electron chi connectivity index (χ4n) is 2.96. The number of likely N-dealkylation sites (N-methyl/N-ethyl adjacent to an activating group) is 1. The van der Waals surface area contributed by atoms with Gasteiger partial charge in [0, 0.05) is 38.3 Å². The summed E-state index contributed by atoms with van der Waals surface area (Å²) in [6.07, 6.45) is 0. The second kappa shape index (κ2) is 8.21. The first-order chi connectivity index (χ1) is 12.8. The molecule has 0 aliphatic carbocycles. The number of carbonyl (C=O) groups is 1. The van der Waals surface area contributed by atoms with Crippen molar-refractivity contribution in [1.29, 1.82) is 0 Å². The Morgan fingerprint density at radius 1 is 1.04 bits per heavy atom. The maximum atomic E-state index is 12.7. The normalized spacial score (nSPS) is 15.7. The minimum atomic E-state index is -3.69. The molecule has 3 rings (SSSR count). The number of nitrogens with zero attached hydrogens (tertiary/aromatic N) is 2. The van der Waals surface area contributed by atoms with E-state index in [-0.39, 0.29) is 17.3 Å². The van der Waals surface area contributed by atoms with E-state index in [0.717, 1.165) is 24.2 Å². The second-order valence-electron chi connectivity index (χ2n) is 6.93. The summed E-state index contributed by atoms with van der Waals surface area (Å²) in [5, 5.41) is 0. The van der Waals surface area contributed by atoms with Crippen molar-refractivity contribution in [1.82, 2.24) is 14.5 Å². The monoisotopic (exact) mass is 387 g/mol. The minimum Gasteiger partial charge on any atom is -0.336 e. The molecule has 1 saturated heterocycles. The molecule has 0 aromatic heterocycles. The molecule has 2 aromatic carbocycles. The molecule has 2 aromatic rings.